The molecule has 0 aliphatic heterocycles. The van der Waals surface area contributed by atoms with Crippen LogP contribution in [0.5, 0.6) is 0 Å². The zero-order valence-corrected chi connectivity index (χ0v) is 8.02. The Morgan fingerprint density at radius 1 is 1.67 bits per heavy atom. The van der Waals surface area contributed by atoms with E-state index >= 15 is 0 Å². The Morgan fingerprint density at radius 2 is 2.40 bits per heavy atom. The molecule has 0 saturated heterocycles. The maximum atomic E-state index is 11.7. The van der Waals surface area contributed by atoms with E-state index in [4.69, 9.17) is 5.11 Å². The summed E-state index contributed by atoms with van der Waals surface area (Å²) in [7, 11) is 0. The highest BCUT2D eigenvalue weighted by Gasteiger charge is 2.09. The first-order valence-corrected chi connectivity index (χ1v) is 4.36. The number of fused-ring (bicyclic) bond motifs is 1. The fourth-order valence-corrected chi connectivity index (χ4v) is 1.40. The summed E-state index contributed by atoms with van der Waals surface area (Å²) in [6.07, 6.45) is 0.992. The molecule has 2 N–H and O–H groups in total. The molecule has 2 heterocycles. The van der Waals surface area contributed by atoms with Crippen LogP contribution in [-0.2, 0) is 11.2 Å². The number of carboxylic acid groups (broad SMARTS) is 1. The third-order valence-corrected chi connectivity index (χ3v) is 2.03. The fraction of sp³-hybridized carbons (Fsp3) is 0.222. The van der Waals surface area contributed by atoms with Gasteiger partial charge in [0.25, 0.3) is 5.56 Å². The number of hydrogen-bond acceptors (Lipinski definition) is 3. The van der Waals surface area contributed by atoms with Crippen molar-refractivity contribution in [3.8, 4) is 0 Å². The van der Waals surface area contributed by atoms with Gasteiger partial charge in [-0.1, -0.05) is 0 Å². The summed E-state index contributed by atoms with van der Waals surface area (Å²) in [6, 6.07) is 1.71. The number of aromatic nitrogens is 3. The van der Waals surface area contributed by atoms with Gasteiger partial charge in [0.1, 0.15) is 0 Å². The minimum Gasteiger partial charge on any atom is -0.481 e. The minimum absolute atomic E-state index is 0.168. The molecule has 15 heavy (non-hydrogen) atoms. The van der Waals surface area contributed by atoms with E-state index in [0.29, 0.717) is 5.65 Å². The topological polar surface area (TPSA) is 87.5 Å². The molecule has 2 rings (SSSR count). The largest absolute Gasteiger partial charge is 0.481 e. The van der Waals surface area contributed by atoms with Crippen LogP contribution in [-0.4, -0.2) is 25.7 Å². The van der Waals surface area contributed by atoms with Crippen molar-refractivity contribution in [2.45, 2.75) is 13.3 Å². The van der Waals surface area contributed by atoms with Gasteiger partial charge in [-0.25, -0.2) is 9.50 Å². The van der Waals surface area contributed by atoms with E-state index in [1.165, 1.54) is 10.7 Å². The first-order chi connectivity index (χ1) is 7.08. The van der Waals surface area contributed by atoms with Crippen molar-refractivity contribution < 1.29 is 9.90 Å². The van der Waals surface area contributed by atoms with E-state index in [1.54, 1.807) is 13.0 Å². The number of nitrogens with zero attached hydrogens (tertiary/aromatic N) is 2. The van der Waals surface area contributed by atoms with Crippen LogP contribution < -0.4 is 5.56 Å². The molecule has 0 amide bonds. The zero-order valence-electron chi connectivity index (χ0n) is 8.02. The van der Waals surface area contributed by atoms with Gasteiger partial charge in [0, 0.05) is 23.5 Å². The van der Waals surface area contributed by atoms with Crippen LogP contribution in [0.3, 0.4) is 0 Å². The Hall–Kier alpha value is -2.11. The van der Waals surface area contributed by atoms with Gasteiger partial charge in [-0.15, -0.1) is 0 Å². The van der Waals surface area contributed by atoms with E-state index in [0.717, 1.165) is 5.69 Å². The molecule has 6 heteroatoms. The van der Waals surface area contributed by atoms with E-state index in [-0.39, 0.29) is 17.5 Å². The minimum atomic E-state index is -1.04. The van der Waals surface area contributed by atoms with Crippen molar-refractivity contribution in [2.75, 3.05) is 0 Å². The highest BCUT2D eigenvalue weighted by atomic mass is 16.4. The van der Waals surface area contributed by atoms with Crippen LogP contribution in [0.4, 0.5) is 0 Å². The lowest BCUT2D eigenvalue weighted by Crippen LogP contribution is -2.21. The SMILES string of the molecule is Cc1cc2ncc(CC(=O)O)c(=O)n2[nH]1. The Morgan fingerprint density at radius 3 is 3.07 bits per heavy atom. The quantitative estimate of drug-likeness (QED) is 0.723. The third kappa shape index (κ3) is 1.61. The highest BCUT2D eigenvalue weighted by molar-refractivity contribution is 5.69. The molecular weight excluding hydrogens is 198 g/mol. The van der Waals surface area contributed by atoms with Crippen LogP contribution in [0, 0.1) is 6.92 Å². The Bertz CT molecular complexity index is 582. The van der Waals surface area contributed by atoms with E-state index in [1.807, 2.05) is 0 Å². The fourth-order valence-electron chi connectivity index (χ4n) is 1.40. The summed E-state index contributed by atoms with van der Waals surface area (Å²) in [6.45, 7) is 1.80. The molecule has 6 nitrogen and oxygen atoms in total. The maximum Gasteiger partial charge on any atom is 0.308 e. The summed E-state index contributed by atoms with van der Waals surface area (Å²) in [4.78, 5) is 26.2. The number of aliphatic carboxylic acids is 1. The molecule has 0 spiro atoms. The predicted molar refractivity (Wildman–Crippen MR) is 51.9 cm³/mol. The number of H-pyrrole nitrogens is 1. The Balaban J connectivity index is 2.64. The highest BCUT2D eigenvalue weighted by Crippen LogP contribution is 2.00. The first-order valence-electron chi connectivity index (χ1n) is 4.36. The average Bonchev–Trinajstić information content (AvgIpc) is 2.51. The molecule has 0 aliphatic rings. The van der Waals surface area contributed by atoms with E-state index in [2.05, 4.69) is 10.1 Å². The van der Waals surface area contributed by atoms with Gasteiger partial charge >= 0.3 is 5.97 Å². The van der Waals surface area contributed by atoms with Crippen molar-refractivity contribution in [1.29, 1.82) is 0 Å². The molecule has 78 valence electrons. The van der Waals surface area contributed by atoms with Gasteiger partial charge in [-0.2, -0.15) is 0 Å². The van der Waals surface area contributed by atoms with Crippen molar-refractivity contribution in [1.82, 2.24) is 14.6 Å². The van der Waals surface area contributed by atoms with Gasteiger partial charge in [0.05, 0.1) is 6.42 Å². The van der Waals surface area contributed by atoms with Gasteiger partial charge in [-0.05, 0) is 6.92 Å². The lowest BCUT2D eigenvalue weighted by atomic mass is 10.2. The number of aryl methyl sites for hydroxylation is 1. The first kappa shape index (κ1) is 9.45. The van der Waals surface area contributed by atoms with Crippen LogP contribution >= 0.6 is 0 Å². The molecule has 0 bridgehead atoms. The second-order valence-corrected chi connectivity index (χ2v) is 3.29. The Labute approximate surface area is 84.2 Å². The van der Waals surface area contributed by atoms with Gasteiger partial charge in [0.15, 0.2) is 5.65 Å². The summed E-state index contributed by atoms with van der Waals surface area (Å²) in [5, 5.41) is 11.4. The number of rotatable bonds is 2. The van der Waals surface area contributed by atoms with Gasteiger partial charge < -0.3 is 5.11 Å². The van der Waals surface area contributed by atoms with Crippen molar-refractivity contribution >= 4 is 11.6 Å². The Kier molecular flexibility index (Phi) is 2.03. The van der Waals surface area contributed by atoms with E-state index in [9.17, 15) is 9.59 Å². The molecule has 0 fully saturated rings. The number of carboxylic acids is 1. The van der Waals surface area contributed by atoms with Crippen LogP contribution in [0.15, 0.2) is 17.1 Å². The zero-order chi connectivity index (χ0) is 11.0. The molecule has 2 aromatic rings. The monoisotopic (exact) mass is 207 g/mol. The molecule has 0 atom stereocenters. The van der Waals surface area contributed by atoms with Crippen LogP contribution in [0.25, 0.3) is 5.65 Å². The summed E-state index contributed by atoms with van der Waals surface area (Å²) in [5.74, 6) is -1.04. The number of nitrogens with one attached hydrogen (secondary N) is 1. The third-order valence-electron chi connectivity index (χ3n) is 2.03. The van der Waals surface area contributed by atoms with Gasteiger partial charge in [-0.3, -0.25) is 14.7 Å². The molecule has 0 aromatic carbocycles. The predicted octanol–water partition coefficient (Wildman–Crippen LogP) is -0.0419. The standard InChI is InChI=1S/C9H9N3O3/c1-5-2-7-10-4-6(3-8(13)14)9(15)12(7)11-5/h2,4,11H,3H2,1H3,(H,13,14). The average molecular weight is 207 g/mol. The maximum absolute atomic E-state index is 11.7. The summed E-state index contributed by atoms with van der Waals surface area (Å²) >= 11 is 0. The second kappa shape index (κ2) is 3.23. The molecule has 0 saturated carbocycles. The molecule has 0 radical (unpaired) electrons. The van der Waals surface area contributed by atoms with Crippen LogP contribution in [0.1, 0.15) is 11.3 Å². The second-order valence-electron chi connectivity index (χ2n) is 3.29. The van der Waals surface area contributed by atoms with E-state index < -0.39 is 5.97 Å². The normalized spacial score (nSPS) is 10.7. The molecule has 0 aliphatic carbocycles. The molecular formula is C9H9N3O3. The smallest absolute Gasteiger partial charge is 0.308 e. The number of hydrogen-bond donors (Lipinski definition) is 2. The summed E-state index contributed by atoms with van der Waals surface area (Å²) < 4.78 is 1.24. The van der Waals surface area contributed by atoms with Crippen LogP contribution in [0.2, 0.25) is 0 Å². The number of aromatic amines is 1. The number of carbonyl (C=O) groups is 1. The lowest BCUT2D eigenvalue weighted by molar-refractivity contribution is -0.136. The van der Waals surface area contributed by atoms with Crippen molar-refractivity contribution in [3.63, 3.8) is 0 Å². The molecule has 0 unspecified atom stereocenters. The van der Waals surface area contributed by atoms with Crippen molar-refractivity contribution in [2.24, 2.45) is 0 Å². The molecule has 2 aromatic heterocycles. The lowest BCUT2D eigenvalue weighted by Gasteiger charge is -1.96. The van der Waals surface area contributed by atoms with Crippen molar-refractivity contribution in [3.05, 3.63) is 33.9 Å². The van der Waals surface area contributed by atoms with Gasteiger partial charge in [0.2, 0.25) is 0 Å². The summed E-state index contributed by atoms with van der Waals surface area (Å²) in [5.41, 5.74) is 1.09.